The van der Waals surface area contributed by atoms with Crippen LogP contribution in [0.4, 0.5) is 0 Å². The van der Waals surface area contributed by atoms with E-state index in [9.17, 15) is 0 Å². The third-order valence-electron chi connectivity index (χ3n) is 2.70. The fourth-order valence-corrected chi connectivity index (χ4v) is 1.73. The second-order valence-corrected chi connectivity index (χ2v) is 4.37. The Morgan fingerprint density at radius 2 is 2.00 bits per heavy atom. The van der Waals surface area contributed by atoms with E-state index >= 15 is 0 Å². The largest absolute Gasteiger partial charge is 0.489 e. The normalized spacial score (nSPS) is 26.4. The molecule has 0 aromatic carbocycles. The molecule has 1 aliphatic heterocycles. The van der Waals surface area contributed by atoms with E-state index < -0.39 is 0 Å². The molecule has 2 heteroatoms. The van der Waals surface area contributed by atoms with Crippen LogP contribution < -0.4 is 0 Å². The van der Waals surface area contributed by atoms with E-state index in [1.54, 1.807) is 6.08 Å². The summed E-state index contributed by atoms with van der Waals surface area (Å²) in [5.74, 6) is 1.94. The van der Waals surface area contributed by atoms with Gasteiger partial charge >= 0.3 is 0 Å². The average molecular weight is 230 g/mol. The van der Waals surface area contributed by atoms with E-state index in [2.05, 4.69) is 25.7 Å². The molecule has 1 atom stereocenters. The molecular weight excluding hydrogens is 212 g/mol. The lowest BCUT2D eigenvalue weighted by Crippen LogP contribution is -2.07. The lowest BCUT2D eigenvalue weighted by molar-refractivity contribution is 0.158. The molecule has 0 N–H and O–H groups in total. The van der Waals surface area contributed by atoms with Gasteiger partial charge in [-0.2, -0.15) is 0 Å². The molecule has 0 saturated heterocycles. The zero-order chi connectivity index (χ0) is 12.1. The van der Waals surface area contributed by atoms with Gasteiger partial charge < -0.3 is 9.47 Å². The molecule has 0 amide bonds. The van der Waals surface area contributed by atoms with Crippen molar-refractivity contribution in [3.8, 4) is 0 Å². The maximum absolute atomic E-state index is 5.77. The highest BCUT2D eigenvalue weighted by atomic mass is 16.5. The van der Waals surface area contributed by atoms with Crippen molar-refractivity contribution < 1.29 is 9.47 Å². The van der Waals surface area contributed by atoms with Gasteiger partial charge in [-0.1, -0.05) is 37.8 Å². The van der Waals surface area contributed by atoms with Gasteiger partial charge in [0, 0.05) is 5.92 Å². The summed E-state index contributed by atoms with van der Waals surface area (Å²) >= 11 is 0. The summed E-state index contributed by atoms with van der Waals surface area (Å²) in [6.45, 7) is 7.26. The van der Waals surface area contributed by atoms with Crippen molar-refractivity contribution in [2.75, 3.05) is 13.2 Å². The molecule has 0 bridgehead atoms. The monoisotopic (exact) mass is 230 g/mol. The number of hydrogen-bond acceptors (Lipinski definition) is 2. The first-order valence-corrected chi connectivity index (χ1v) is 5.95. The van der Waals surface area contributed by atoms with Crippen molar-refractivity contribution in [3.05, 3.63) is 60.1 Å². The summed E-state index contributed by atoms with van der Waals surface area (Å²) in [5.41, 5.74) is 1.22. The van der Waals surface area contributed by atoms with Crippen LogP contribution in [0.1, 0.15) is 13.3 Å². The molecular formula is C15H18O2. The standard InChI is InChI=1S/C15H18O2/c1-3-14-15(17-11-12(2)10-16-14)9-13-7-5-4-6-8-13/h3-7,9,12H,1,8,10-11H2,2H3/b13-9-. The molecule has 1 heterocycles. The van der Waals surface area contributed by atoms with Crippen LogP contribution in [0, 0.1) is 5.92 Å². The van der Waals surface area contributed by atoms with Crippen LogP contribution >= 0.6 is 0 Å². The van der Waals surface area contributed by atoms with E-state index in [0.717, 1.165) is 17.9 Å². The molecule has 17 heavy (non-hydrogen) atoms. The van der Waals surface area contributed by atoms with Crippen molar-refractivity contribution in [2.45, 2.75) is 13.3 Å². The molecule has 1 aliphatic carbocycles. The highest BCUT2D eigenvalue weighted by Crippen LogP contribution is 2.21. The quantitative estimate of drug-likeness (QED) is 0.722. The van der Waals surface area contributed by atoms with E-state index in [-0.39, 0.29) is 0 Å². The van der Waals surface area contributed by atoms with Crippen LogP contribution in [0.25, 0.3) is 0 Å². The van der Waals surface area contributed by atoms with Crippen LogP contribution in [0.2, 0.25) is 0 Å². The van der Waals surface area contributed by atoms with Gasteiger partial charge in [0.1, 0.15) is 0 Å². The predicted octanol–water partition coefficient (Wildman–Crippen LogP) is 3.51. The van der Waals surface area contributed by atoms with Crippen molar-refractivity contribution in [3.63, 3.8) is 0 Å². The fraction of sp³-hybridized carbons (Fsp3) is 0.333. The minimum Gasteiger partial charge on any atom is -0.489 e. The molecule has 0 fully saturated rings. The Hall–Kier alpha value is -1.70. The van der Waals surface area contributed by atoms with E-state index in [1.807, 2.05) is 18.2 Å². The van der Waals surface area contributed by atoms with Crippen molar-refractivity contribution in [1.82, 2.24) is 0 Å². The van der Waals surface area contributed by atoms with Crippen molar-refractivity contribution in [2.24, 2.45) is 5.92 Å². The summed E-state index contributed by atoms with van der Waals surface area (Å²) in [6.07, 6.45) is 13.0. The number of rotatable bonds is 2. The Labute approximate surface area is 103 Å². The Bertz CT molecular complexity index is 411. The first-order chi connectivity index (χ1) is 8.29. The van der Waals surface area contributed by atoms with Gasteiger partial charge in [0.25, 0.3) is 0 Å². The third kappa shape index (κ3) is 3.13. The molecule has 2 rings (SSSR count). The minimum absolute atomic E-state index is 0.405. The summed E-state index contributed by atoms with van der Waals surface area (Å²) in [7, 11) is 0. The lowest BCUT2D eigenvalue weighted by Gasteiger charge is -2.09. The van der Waals surface area contributed by atoms with Crippen LogP contribution in [-0.2, 0) is 9.47 Å². The number of hydrogen-bond donors (Lipinski definition) is 0. The smallest absolute Gasteiger partial charge is 0.161 e. The van der Waals surface area contributed by atoms with Gasteiger partial charge in [0.05, 0.1) is 13.2 Å². The second kappa shape index (κ2) is 5.58. The van der Waals surface area contributed by atoms with Crippen LogP contribution in [0.5, 0.6) is 0 Å². The highest BCUT2D eigenvalue weighted by Gasteiger charge is 2.14. The molecule has 0 saturated carbocycles. The molecule has 2 aliphatic rings. The molecule has 0 radical (unpaired) electrons. The average Bonchev–Trinajstić information content (AvgIpc) is 2.53. The summed E-state index contributed by atoms with van der Waals surface area (Å²) < 4.78 is 11.4. The topological polar surface area (TPSA) is 18.5 Å². The Morgan fingerprint density at radius 1 is 1.24 bits per heavy atom. The first kappa shape index (κ1) is 11.8. The zero-order valence-electron chi connectivity index (χ0n) is 10.2. The van der Waals surface area contributed by atoms with E-state index in [1.165, 1.54) is 5.57 Å². The van der Waals surface area contributed by atoms with Gasteiger partial charge in [-0.05, 0) is 24.1 Å². The summed E-state index contributed by atoms with van der Waals surface area (Å²) in [5, 5.41) is 0. The molecule has 1 unspecified atom stereocenters. The van der Waals surface area contributed by atoms with Gasteiger partial charge in [0.2, 0.25) is 0 Å². The second-order valence-electron chi connectivity index (χ2n) is 4.37. The van der Waals surface area contributed by atoms with Crippen LogP contribution in [0.15, 0.2) is 60.1 Å². The molecule has 2 nitrogen and oxygen atoms in total. The number of ether oxygens (including phenoxy) is 2. The maximum atomic E-state index is 5.77. The van der Waals surface area contributed by atoms with Crippen molar-refractivity contribution in [1.29, 1.82) is 0 Å². The van der Waals surface area contributed by atoms with Gasteiger partial charge in [0.15, 0.2) is 11.5 Å². The van der Waals surface area contributed by atoms with E-state index in [0.29, 0.717) is 19.1 Å². The summed E-state index contributed by atoms with van der Waals surface area (Å²) in [4.78, 5) is 0. The zero-order valence-corrected chi connectivity index (χ0v) is 10.2. The fourth-order valence-electron chi connectivity index (χ4n) is 1.73. The molecule has 0 aromatic heterocycles. The van der Waals surface area contributed by atoms with Gasteiger partial charge in [-0.3, -0.25) is 0 Å². The minimum atomic E-state index is 0.405. The number of allylic oxidation sites excluding steroid dienone is 7. The lowest BCUT2D eigenvalue weighted by atomic mass is 10.1. The Kier molecular flexibility index (Phi) is 3.86. The SMILES string of the molecule is C=CC1=C(/C=C2/C=CC=CC2)OCC(C)CO1. The first-order valence-electron chi connectivity index (χ1n) is 5.95. The van der Waals surface area contributed by atoms with Crippen LogP contribution in [-0.4, -0.2) is 13.2 Å². The van der Waals surface area contributed by atoms with E-state index in [4.69, 9.17) is 9.47 Å². The van der Waals surface area contributed by atoms with Crippen LogP contribution in [0.3, 0.4) is 0 Å². The summed E-state index contributed by atoms with van der Waals surface area (Å²) in [6, 6.07) is 0. The van der Waals surface area contributed by atoms with Crippen molar-refractivity contribution >= 4 is 0 Å². The van der Waals surface area contributed by atoms with Gasteiger partial charge in [-0.25, -0.2) is 0 Å². The van der Waals surface area contributed by atoms with Gasteiger partial charge in [-0.15, -0.1) is 0 Å². The highest BCUT2D eigenvalue weighted by molar-refractivity contribution is 5.36. The third-order valence-corrected chi connectivity index (χ3v) is 2.70. The molecule has 0 aromatic rings. The Morgan fingerprint density at radius 3 is 2.65 bits per heavy atom. The Balaban J connectivity index is 2.21. The molecule has 0 spiro atoms. The predicted molar refractivity (Wildman–Crippen MR) is 69.3 cm³/mol. The molecule has 90 valence electrons. The maximum Gasteiger partial charge on any atom is 0.161 e.